The molecule has 2 atom stereocenters. The molecule has 18 heavy (non-hydrogen) atoms. The van der Waals surface area contributed by atoms with E-state index < -0.39 is 12.0 Å². The van der Waals surface area contributed by atoms with Gasteiger partial charge < -0.3 is 20.2 Å². The summed E-state index contributed by atoms with van der Waals surface area (Å²) in [5.74, 6) is -0.0902. The summed E-state index contributed by atoms with van der Waals surface area (Å²) in [5.41, 5.74) is 0. The van der Waals surface area contributed by atoms with Crippen LogP contribution in [-0.2, 0) is 4.79 Å². The van der Waals surface area contributed by atoms with Crippen LogP contribution in [0.1, 0.15) is 20.3 Å². The van der Waals surface area contributed by atoms with Crippen LogP contribution in [0.2, 0.25) is 0 Å². The fraction of sp³-hybridized carbons (Fsp3) is 0.923. The van der Waals surface area contributed by atoms with Crippen LogP contribution < -0.4 is 5.32 Å². The third-order valence-electron chi connectivity index (χ3n) is 3.39. The predicted molar refractivity (Wildman–Crippen MR) is 72.8 cm³/mol. The van der Waals surface area contributed by atoms with Gasteiger partial charge in [0.05, 0.1) is 0 Å². The molecule has 0 bridgehead atoms. The van der Waals surface area contributed by atoms with Gasteiger partial charge in [-0.1, -0.05) is 13.8 Å². The summed E-state index contributed by atoms with van der Waals surface area (Å²) in [4.78, 5) is 15.6. The first-order valence-corrected chi connectivity index (χ1v) is 6.74. The lowest BCUT2D eigenvalue weighted by Gasteiger charge is -2.25. The number of likely N-dealkylation sites (N-methyl/N-ethyl adjacent to an activating group) is 1. The van der Waals surface area contributed by atoms with E-state index in [-0.39, 0.29) is 6.04 Å². The molecular weight excluding hydrogens is 230 g/mol. The second kappa shape index (κ2) is 7.07. The molecule has 1 aliphatic heterocycles. The Balaban J connectivity index is 2.36. The lowest BCUT2D eigenvalue weighted by molar-refractivity contribution is -0.140. The van der Waals surface area contributed by atoms with E-state index in [4.69, 9.17) is 0 Å². The standard InChI is InChI=1S/C13H27N3O2/c1-10(2)14-12(13(17)18)9-16(4)8-11-5-6-15(3)7-11/h10-12,14H,5-9H2,1-4H3,(H,17,18). The van der Waals surface area contributed by atoms with Crippen molar-refractivity contribution in [2.24, 2.45) is 5.92 Å². The van der Waals surface area contributed by atoms with Gasteiger partial charge in [-0.3, -0.25) is 4.79 Å². The molecular formula is C13H27N3O2. The van der Waals surface area contributed by atoms with Gasteiger partial charge in [-0.15, -0.1) is 0 Å². The Hall–Kier alpha value is -0.650. The molecule has 1 rings (SSSR count). The number of carboxylic acids is 1. The highest BCUT2D eigenvalue weighted by atomic mass is 16.4. The molecule has 0 saturated carbocycles. The normalized spacial score (nSPS) is 22.9. The van der Waals surface area contributed by atoms with Gasteiger partial charge in [-0.2, -0.15) is 0 Å². The summed E-state index contributed by atoms with van der Waals surface area (Å²) in [6.07, 6.45) is 1.22. The number of nitrogens with zero attached hydrogens (tertiary/aromatic N) is 2. The first-order valence-electron chi connectivity index (χ1n) is 6.74. The van der Waals surface area contributed by atoms with E-state index in [9.17, 15) is 9.90 Å². The van der Waals surface area contributed by atoms with Crippen LogP contribution in [0, 0.1) is 5.92 Å². The maximum absolute atomic E-state index is 11.2. The van der Waals surface area contributed by atoms with Gasteiger partial charge in [0.2, 0.25) is 0 Å². The highest BCUT2D eigenvalue weighted by Crippen LogP contribution is 2.15. The third-order valence-corrected chi connectivity index (χ3v) is 3.39. The smallest absolute Gasteiger partial charge is 0.322 e. The van der Waals surface area contributed by atoms with Crippen LogP contribution >= 0.6 is 0 Å². The largest absolute Gasteiger partial charge is 0.480 e. The minimum absolute atomic E-state index is 0.192. The Labute approximate surface area is 110 Å². The fourth-order valence-corrected chi connectivity index (χ4v) is 2.61. The molecule has 1 saturated heterocycles. The molecule has 1 fully saturated rings. The van der Waals surface area contributed by atoms with Crippen molar-refractivity contribution in [1.29, 1.82) is 0 Å². The van der Waals surface area contributed by atoms with Crippen molar-refractivity contribution in [3.63, 3.8) is 0 Å². The van der Waals surface area contributed by atoms with E-state index in [0.717, 1.165) is 19.6 Å². The van der Waals surface area contributed by atoms with Gasteiger partial charge in [0.25, 0.3) is 0 Å². The van der Waals surface area contributed by atoms with Gasteiger partial charge in [-0.05, 0) is 33.0 Å². The number of likely N-dealkylation sites (tertiary alicyclic amines) is 1. The van der Waals surface area contributed by atoms with E-state index in [2.05, 4.69) is 22.2 Å². The van der Waals surface area contributed by atoms with E-state index in [0.29, 0.717) is 12.5 Å². The SMILES string of the molecule is CC(C)NC(CN(C)CC1CCN(C)C1)C(=O)O. The van der Waals surface area contributed by atoms with Crippen LogP contribution in [0.5, 0.6) is 0 Å². The van der Waals surface area contributed by atoms with Crippen molar-refractivity contribution >= 4 is 5.97 Å². The Morgan fingerprint density at radius 2 is 2.22 bits per heavy atom. The van der Waals surface area contributed by atoms with Gasteiger partial charge in [-0.25, -0.2) is 0 Å². The lowest BCUT2D eigenvalue weighted by Crippen LogP contribution is -2.48. The zero-order chi connectivity index (χ0) is 13.7. The summed E-state index contributed by atoms with van der Waals surface area (Å²) in [6.45, 7) is 7.77. The molecule has 2 N–H and O–H groups in total. The average molecular weight is 257 g/mol. The van der Waals surface area contributed by atoms with Crippen molar-refractivity contribution in [3.8, 4) is 0 Å². The van der Waals surface area contributed by atoms with Crippen molar-refractivity contribution in [1.82, 2.24) is 15.1 Å². The summed E-state index contributed by atoms with van der Waals surface area (Å²) < 4.78 is 0. The number of nitrogens with one attached hydrogen (secondary N) is 1. The molecule has 0 aromatic rings. The number of rotatable bonds is 7. The Morgan fingerprint density at radius 3 is 2.67 bits per heavy atom. The highest BCUT2D eigenvalue weighted by Gasteiger charge is 2.24. The molecule has 5 heteroatoms. The first-order chi connectivity index (χ1) is 8.38. The van der Waals surface area contributed by atoms with Crippen molar-refractivity contribution in [2.45, 2.75) is 32.4 Å². The summed E-state index contributed by atoms with van der Waals surface area (Å²) in [5, 5.41) is 12.3. The van der Waals surface area contributed by atoms with E-state index in [1.807, 2.05) is 20.9 Å². The van der Waals surface area contributed by atoms with E-state index >= 15 is 0 Å². The average Bonchev–Trinajstić information content (AvgIpc) is 2.62. The molecule has 106 valence electrons. The zero-order valence-electron chi connectivity index (χ0n) is 12.0. The summed E-state index contributed by atoms with van der Waals surface area (Å²) in [6, 6.07) is -0.286. The minimum atomic E-state index is -0.765. The number of hydrogen-bond donors (Lipinski definition) is 2. The van der Waals surface area contributed by atoms with Crippen LogP contribution in [-0.4, -0.2) is 73.2 Å². The minimum Gasteiger partial charge on any atom is -0.480 e. The number of carbonyl (C=O) groups is 1. The van der Waals surface area contributed by atoms with Crippen LogP contribution in [0.4, 0.5) is 0 Å². The van der Waals surface area contributed by atoms with Gasteiger partial charge >= 0.3 is 5.97 Å². The quantitative estimate of drug-likeness (QED) is 0.688. The highest BCUT2D eigenvalue weighted by molar-refractivity contribution is 5.73. The summed E-state index contributed by atoms with van der Waals surface area (Å²) >= 11 is 0. The topological polar surface area (TPSA) is 55.8 Å². The summed E-state index contributed by atoms with van der Waals surface area (Å²) in [7, 11) is 4.15. The fourth-order valence-electron chi connectivity index (χ4n) is 2.61. The number of aliphatic carboxylic acids is 1. The van der Waals surface area contributed by atoms with Crippen LogP contribution in [0.25, 0.3) is 0 Å². The van der Waals surface area contributed by atoms with Crippen molar-refractivity contribution in [3.05, 3.63) is 0 Å². The molecule has 0 amide bonds. The van der Waals surface area contributed by atoms with Crippen molar-refractivity contribution < 1.29 is 9.90 Å². The third kappa shape index (κ3) is 5.33. The van der Waals surface area contributed by atoms with Gasteiger partial charge in [0.15, 0.2) is 0 Å². The maximum atomic E-state index is 11.2. The molecule has 0 aromatic heterocycles. The van der Waals surface area contributed by atoms with Crippen LogP contribution in [0.15, 0.2) is 0 Å². The monoisotopic (exact) mass is 257 g/mol. The molecule has 0 aliphatic carbocycles. The predicted octanol–water partition coefficient (Wildman–Crippen LogP) is 0.321. The van der Waals surface area contributed by atoms with Gasteiger partial charge in [0, 0.05) is 25.7 Å². The van der Waals surface area contributed by atoms with E-state index in [1.54, 1.807) is 0 Å². The van der Waals surface area contributed by atoms with Crippen LogP contribution in [0.3, 0.4) is 0 Å². The molecule has 0 radical (unpaired) electrons. The van der Waals surface area contributed by atoms with Crippen molar-refractivity contribution in [2.75, 3.05) is 40.3 Å². The van der Waals surface area contributed by atoms with E-state index in [1.165, 1.54) is 6.42 Å². The molecule has 5 nitrogen and oxygen atoms in total. The second-order valence-electron chi connectivity index (χ2n) is 5.85. The molecule has 0 aromatic carbocycles. The molecule has 1 aliphatic rings. The lowest BCUT2D eigenvalue weighted by atomic mass is 10.1. The Kier molecular flexibility index (Phi) is 6.05. The molecule has 0 spiro atoms. The Bertz CT molecular complexity index is 271. The number of hydrogen-bond acceptors (Lipinski definition) is 4. The first kappa shape index (κ1) is 15.4. The molecule has 1 heterocycles. The maximum Gasteiger partial charge on any atom is 0.322 e. The molecule has 2 unspecified atom stereocenters. The number of carboxylic acid groups (broad SMARTS) is 1. The zero-order valence-corrected chi connectivity index (χ0v) is 12.0. The Morgan fingerprint density at radius 1 is 1.56 bits per heavy atom. The second-order valence-corrected chi connectivity index (χ2v) is 5.85. The van der Waals surface area contributed by atoms with Gasteiger partial charge in [0.1, 0.15) is 6.04 Å².